The Morgan fingerprint density at radius 3 is 2.95 bits per heavy atom. The van der Waals surface area contributed by atoms with Gasteiger partial charge >= 0.3 is 0 Å². The monoisotopic (exact) mass is 265 g/mol. The van der Waals surface area contributed by atoms with Crippen molar-refractivity contribution in [2.75, 3.05) is 6.54 Å². The fourth-order valence-corrected chi connectivity index (χ4v) is 2.43. The molecule has 0 saturated heterocycles. The minimum Gasteiger partial charge on any atom is -0.464 e. The van der Waals surface area contributed by atoms with Gasteiger partial charge in [0.1, 0.15) is 5.58 Å². The molecule has 0 aliphatic heterocycles. The number of nitrogens with one attached hydrogen (secondary N) is 1. The van der Waals surface area contributed by atoms with E-state index in [0.29, 0.717) is 13.0 Å². The van der Waals surface area contributed by atoms with E-state index in [0.717, 1.165) is 27.3 Å². The van der Waals surface area contributed by atoms with Gasteiger partial charge in [0.05, 0.1) is 12.7 Å². The van der Waals surface area contributed by atoms with E-state index < -0.39 is 0 Å². The van der Waals surface area contributed by atoms with Gasteiger partial charge in [0.2, 0.25) is 5.91 Å². The number of carbonyl (C=O) groups excluding carboxylic acids is 1. The second kappa shape index (κ2) is 5.21. The van der Waals surface area contributed by atoms with Gasteiger partial charge in [0.15, 0.2) is 0 Å². The number of hydrogen-bond donors (Lipinski definition) is 1. The third kappa shape index (κ3) is 2.18. The van der Waals surface area contributed by atoms with Crippen molar-refractivity contribution in [3.63, 3.8) is 0 Å². The number of fused-ring (bicyclic) bond motifs is 3. The first-order valence-electron chi connectivity index (χ1n) is 6.55. The van der Waals surface area contributed by atoms with E-state index in [1.165, 1.54) is 0 Å². The van der Waals surface area contributed by atoms with Crippen LogP contribution in [0, 0.1) is 0 Å². The van der Waals surface area contributed by atoms with Crippen LogP contribution in [-0.4, -0.2) is 12.5 Å². The zero-order chi connectivity index (χ0) is 13.9. The molecule has 20 heavy (non-hydrogen) atoms. The van der Waals surface area contributed by atoms with E-state index in [-0.39, 0.29) is 5.91 Å². The molecule has 3 aromatic rings. The average molecular weight is 265 g/mol. The van der Waals surface area contributed by atoms with Gasteiger partial charge in [-0.15, -0.1) is 6.58 Å². The molecule has 0 fully saturated rings. The second-order valence-electron chi connectivity index (χ2n) is 4.69. The first kappa shape index (κ1) is 12.5. The standard InChI is InChI=1S/C17H15NO2/c1-2-9-18-16(19)10-13-11-20-15-8-7-12-5-3-4-6-14(12)17(13)15/h2-8,11H,1,9-10H2,(H,18,19). The Labute approximate surface area is 116 Å². The number of carbonyl (C=O) groups is 1. The highest BCUT2D eigenvalue weighted by molar-refractivity contribution is 6.08. The molecular formula is C17H15NO2. The Morgan fingerprint density at radius 1 is 1.25 bits per heavy atom. The van der Waals surface area contributed by atoms with Crippen molar-refractivity contribution in [3.8, 4) is 0 Å². The third-order valence-corrected chi connectivity index (χ3v) is 3.33. The van der Waals surface area contributed by atoms with Crippen molar-refractivity contribution in [1.29, 1.82) is 0 Å². The highest BCUT2D eigenvalue weighted by Gasteiger charge is 2.12. The molecule has 0 unspecified atom stereocenters. The van der Waals surface area contributed by atoms with Crippen LogP contribution in [0.5, 0.6) is 0 Å². The molecule has 100 valence electrons. The predicted octanol–water partition coefficient (Wildman–Crippen LogP) is 3.43. The zero-order valence-electron chi connectivity index (χ0n) is 11.1. The smallest absolute Gasteiger partial charge is 0.224 e. The molecule has 1 heterocycles. The van der Waals surface area contributed by atoms with Crippen molar-refractivity contribution in [1.82, 2.24) is 5.32 Å². The number of hydrogen-bond acceptors (Lipinski definition) is 2. The van der Waals surface area contributed by atoms with Crippen LogP contribution < -0.4 is 5.32 Å². The Hall–Kier alpha value is -2.55. The molecule has 3 heteroatoms. The van der Waals surface area contributed by atoms with Crippen LogP contribution in [0.4, 0.5) is 0 Å². The maximum absolute atomic E-state index is 11.8. The molecule has 0 aliphatic rings. The lowest BCUT2D eigenvalue weighted by molar-refractivity contribution is -0.120. The molecule has 0 saturated carbocycles. The quantitative estimate of drug-likeness (QED) is 0.734. The zero-order valence-corrected chi connectivity index (χ0v) is 11.1. The summed E-state index contributed by atoms with van der Waals surface area (Å²) in [7, 11) is 0. The molecule has 1 N–H and O–H groups in total. The Bertz CT molecular complexity index is 786. The van der Waals surface area contributed by atoms with E-state index in [1.807, 2.05) is 24.3 Å². The summed E-state index contributed by atoms with van der Waals surface area (Å²) in [6.07, 6.45) is 3.65. The molecule has 3 rings (SSSR count). The van der Waals surface area contributed by atoms with Crippen molar-refractivity contribution in [3.05, 3.63) is 60.9 Å². The van der Waals surface area contributed by atoms with Crippen molar-refractivity contribution in [2.45, 2.75) is 6.42 Å². The van der Waals surface area contributed by atoms with Crippen molar-refractivity contribution < 1.29 is 9.21 Å². The molecule has 0 aliphatic carbocycles. The molecule has 0 bridgehead atoms. The lowest BCUT2D eigenvalue weighted by Crippen LogP contribution is -2.24. The van der Waals surface area contributed by atoms with Crippen molar-refractivity contribution in [2.24, 2.45) is 0 Å². The van der Waals surface area contributed by atoms with Gasteiger partial charge in [-0.2, -0.15) is 0 Å². The maximum atomic E-state index is 11.8. The van der Waals surface area contributed by atoms with Crippen LogP contribution in [0.15, 0.2) is 59.7 Å². The van der Waals surface area contributed by atoms with Crippen molar-refractivity contribution >= 4 is 27.6 Å². The Kier molecular flexibility index (Phi) is 3.25. The molecule has 1 amide bonds. The SMILES string of the molecule is C=CCNC(=O)Cc1coc2ccc3ccccc3c12. The van der Waals surface area contributed by atoms with E-state index in [4.69, 9.17) is 4.42 Å². The molecular weight excluding hydrogens is 250 g/mol. The first-order valence-corrected chi connectivity index (χ1v) is 6.55. The summed E-state index contributed by atoms with van der Waals surface area (Å²) in [5.41, 5.74) is 1.73. The van der Waals surface area contributed by atoms with Crippen LogP contribution in [0.3, 0.4) is 0 Å². The lowest BCUT2D eigenvalue weighted by atomic mass is 10.0. The Balaban J connectivity index is 2.05. The lowest BCUT2D eigenvalue weighted by Gasteiger charge is -2.03. The summed E-state index contributed by atoms with van der Waals surface area (Å²) in [6.45, 7) is 4.07. The van der Waals surface area contributed by atoms with Gasteiger partial charge in [-0.25, -0.2) is 0 Å². The number of rotatable bonds is 4. The molecule has 1 aromatic heterocycles. The fraction of sp³-hybridized carbons (Fsp3) is 0.118. The van der Waals surface area contributed by atoms with E-state index in [1.54, 1.807) is 12.3 Å². The van der Waals surface area contributed by atoms with Crippen LogP contribution >= 0.6 is 0 Å². The van der Waals surface area contributed by atoms with E-state index >= 15 is 0 Å². The fourth-order valence-electron chi connectivity index (χ4n) is 2.43. The molecule has 0 atom stereocenters. The Morgan fingerprint density at radius 2 is 2.10 bits per heavy atom. The van der Waals surface area contributed by atoms with Gasteiger partial charge in [0, 0.05) is 17.5 Å². The summed E-state index contributed by atoms with van der Waals surface area (Å²) < 4.78 is 5.56. The topological polar surface area (TPSA) is 42.2 Å². The molecule has 3 nitrogen and oxygen atoms in total. The summed E-state index contributed by atoms with van der Waals surface area (Å²) in [5.74, 6) is -0.0273. The molecule has 0 spiro atoms. The summed E-state index contributed by atoms with van der Waals surface area (Å²) in [4.78, 5) is 11.8. The van der Waals surface area contributed by atoms with Crippen LogP contribution in [0.25, 0.3) is 21.7 Å². The summed E-state index contributed by atoms with van der Waals surface area (Å²) in [6, 6.07) is 12.1. The molecule has 0 radical (unpaired) electrons. The van der Waals surface area contributed by atoms with Gasteiger partial charge < -0.3 is 9.73 Å². The summed E-state index contributed by atoms with van der Waals surface area (Å²) in [5, 5.41) is 6.07. The molecule has 2 aromatic carbocycles. The predicted molar refractivity (Wildman–Crippen MR) is 80.6 cm³/mol. The minimum absolute atomic E-state index is 0.0273. The maximum Gasteiger partial charge on any atom is 0.224 e. The summed E-state index contributed by atoms with van der Waals surface area (Å²) >= 11 is 0. The number of amides is 1. The van der Waals surface area contributed by atoms with E-state index in [2.05, 4.69) is 24.0 Å². The van der Waals surface area contributed by atoms with Crippen LogP contribution in [0.1, 0.15) is 5.56 Å². The van der Waals surface area contributed by atoms with Gasteiger partial charge in [0.25, 0.3) is 0 Å². The van der Waals surface area contributed by atoms with Crippen LogP contribution in [0.2, 0.25) is 0 Å². The highest BCUT2D eigenvalue weighted by Crippen LogP contribution is 2.29. The largest absolute Gasteiger partial charge is 0.464 e. The van der Waals surface area contributed by atoms with E-state index in [9.17, 15) is 4.79 Å². The van der Waals surface area contributed by atoms with Gasteiger partial charge in [-0.3, -0.25) is 4.79 Å². The van der Waals surface area contributed by atoms with Gasteiger partial charge in [-0.1, -0.05) is 36.4 Å². The second-order valence-corrected chi connectivity index (χ2v) is 4.69. The normalized spacial score (nSPS) is 10.8. The average Bonchev–Trinajstić information content (AvgIpc) is 2.88. The van der Waals surface area contributed by atoms with Crippen LogP contribution in [-0.2, 0) is 11.2 Å². The van der Waals surface area contributed by atoms with Gasteiger partial charge in [-0.05, 0) is 16.8 Å². The minimum atomic E-state index is -0.0273. The third-order valence-electron chi connectivity index (χ3n) is 3.33. The highest BCUT2D eigenvalue weighted by atomic mass is 16.3. The number of furan rings is 1. The first-order chi connectivity index (χ1) is 9.79. The number of benzene rings is 2.